The Hall–Kier alpha value is -0.580. The van der Waals surface area contributed by atoms with Gasteiger partial charge in [0.25, 0.3) is 0 Å². The average molecular weight is 219 g/mol. The number of carbonyl (C=O) groups excluding carboxylic acids is 1. The Labute approximate surface area is 85.9 Å². The highest BCUT2D eigenvalue weighted by molar-refractivity contribution is 7.14. The Kier molecular flexibility index (Phi) is 3.71. The van der Waals surface area contributed by atoms with Gasteiger partial charge in [-0.15, -0.1) is 11.3 Å². The summed E-state index contributed by atoms with van der Waals surface area (Å²) in [5.41, 5.74) is 6.30. The Morgan fingerprint density at radius 1 is 1.85 bits per heavy atom. The smallest absolute Gasteiger partial charge is 0.236 e. The predicted octanol–water partition coefficient (Wildman–Crippen LogP) is 1.36. The van der Waals surface area contributed by atoms with Crippen molar-refractivity contribution in [3.8, 4) is 0 Å². The second-order valence-corrected chi connectivity index (χ2v) is 4.24. The number of nitrogens with one attached hydrogen (secondary N) is 1. The molecular formula is C8H11ClN2OS. The Bertz CT molecular complexity index is 298. The number of hydrogen-bond acceptors (Lipinski definition) is 3. The number of amides is 1. The third kappa shape index (κ3) is 2.99. The first-order valence-electron chi connectivity index (χ1n) is 3.86. The monoisotopic (exact) mass is 218 g/mol. The van der Waals surface area contributed by atoms with Crippen LogP contribution in [0.15, 0.2) is 11.4 Å². The minimum absolute atomic E-state index is 0.165. The molecule has 0 saturated heterocycles. The molecular weight excluding hydrogens is 208 g/mol. The molecule has 1 amide bonds. The summed E-state index contributed by atoms with van der Waals surface area (Å²) in [6, 6.07) is 1.41. The highest BCUT2D eigenvalue weighted by Crippen LogP contribution is 2.22. The lowest BCUT2D eigenvalue weighted by atomic mass is 10.3. The van der Waals surface area contributed by atoms with Crippen LogP contribution in [0, 0.1) is 0 Å². The van der Waals surface area contributed by atoms with E-state index in [0.717, 1.165) is 5.56 Å². The van der Waals surface area contributed by atoms with E-state index in [2.05, 4.69) is 5.32 Å². The molecule has 3 nitrogen and oxygen atoms in total. The molecule has 0 unspecified atom stereocenters. The molecule has 0 saturated carbocycles. The summed E-state index contributed by atoms with van der Waals surface area (Å²) in [6.07, 6.45) is 0. The summed E-state index contributed by atoms with van der Waals surface area (Å²) in [4.78, 5) is 11.1. The summed E-state index contributed by atoms with van der Waals surface area (Å²) in [5.74, 6) is -0.165. The topological polar surface area (TPSA) is 55.1 Å². The molecule has 0 aromatic carbocycles. The molecule has 1 rings (SSSR count). The number of rotatable bonds is 3. The second-order valence-electron chi connectivity index (χ2n) is 2.73. The van der Waals surface area contributed by atoms with Gasteiger partial charge in [0.1, 0.15) is 0 Å². The fourth-order valence-electron chi connectivity index (χ4n) is 0.789. The van der Waals surface area contributed by atoms with Crippen molar-refractivity contribution in [2.24, 2.45) is 5.73 Å². The van der Waals surface area contributed by atoms with E-state index in [1.807, 2.05) is 11.4 Å². The van der Waals surface area contributed by atoms with Gasteiger partial charge in [0.2, 0.25) is 5.91 Å². The standard InChI is InChI=1S/C8H11ClN2OS/c1-5(10)8(12)11-4-6-2-3-13-7(6)9/h2-3,5H,4,10H2,1H3,(H,11,12)/t5-/m0/s1. The van der Waals surface area contributed by atoms with Gasteiger partial charge in [-0.3, -0.25) is 4.79 Å². The van der Waals surface area contributed by atoms with Crippen molar-refractivity contribution in [3.05, 3.63) is 21.3 Å². The fourth-order valence-corrected chi connectivity index (χ4v) is 1.72. The zero-order valence-electron chi connectivity index (χ0n) is 7.21. The number of halogens is 1. The summed E-state index contributed by atoms with van der Waals surface area (Å²) in [6.45, 7) is 2.09. The van der Waals surface area contributed by atoms with E-state index in [1.54, 1.807) is 6.92 Å². The van der Waals surface area contributed by atoms with Gasteiger partial charge in [0.15, 0.2) is 0 Å². The van der Waals surface area contributed by atoms with Gasteiger partial charge in [-0.1, -0.05) is 11.6 Å². The van der Waals surface area contributed by atoms with Crippen molar-refractivity contribution < 1.29 is 4.79 Å². The van der Waals surface area contributed by atoms with Gasteiger partial charge >= 0.3 is 0 Å². The number of hydrogen-bond donors (Lipinski definition) is 2. The molecule has 1 aromatic rings. The van der Waals surface area contributed by atoms with Crippen molar-refractivity contribution in [1.29, 1.82) is 0 Å². The first-order chi connectivity index (χ1) is 6.11. The average Bonchev–Trinajstić information content (AvgIpc) is 2.47. The maximum absolute atomic E-state index is 11.1. The van der Waals surface area contributed by atoms with Gasteiger partial charge in [0, 0.05) is 12.1 Å². The fraction of sp³-hybridized carbons (Fsp3) is 0.375. The first kappa shape index (κ1) is 10.5. The molecule has 0 spiro atoms. The molecule has 0 aliphatic rings. The maximum Gasteiger partial charge on any atom is 0.236 e. The van der Waals surface area contributed by atoms with Crippen LogP contribution in [0.25, 0.3) is 0 Å². The SMILES string of the molecule is C[C@H](N)C(=O)NCc1ccsc1Cl. The third-order valence-corrected chi connectivity index (χ3v) is 2.81. The molecule has 0 radical (unpaired) electrons. The van der Waals surface area contributed by atoms with Crippen LogP contribution in [-0.4, -0.2) is 11.9 Å². The molecule has 0 aliphatic carbocycles. The minimum atomic E-state index is -0.475. The van der Waals surface area contributed by atoms with E-state index in [4.69, 9.17) is 17.3 Å². The Balaban J connectivity index is 2.44. The van der Waals surface area contributed by atoms with Crippen molar-refractivity contribution in [1.82, 2.24) is 5.32 Å². The zero-order valence-corrected chi connectivity index (χ0v) is 8.78. The van der Waals surface area contributed by atoms with Crippen LogP contribution in [0.5, 0.6) is 0 Å². The number of thiophene rings is 1. The number of carbonyl (C=O) groups is 1. The van der Waals surface area contributed by atoms with E-state index in [-0.39, 0.29) is 5.91 Å². The zero-order chi connectivity index (χ0) is 9.84. The molecule has 1 aromatic heterocycles. The lowest BCUT2D eigenvalue weighted by Crippen LogP contribution is -2.37. The predicted molar refractivity (Wildman–Crippen MR) is 54.8 cm³/mol. The van der Waals surface area contributed by atoms with Gasteiger partial charge in [-0.05, 0) is 18.4 Å². The van der Waals surface area contributed by atoms with Crippen molar-refractivity contribution in [2.75, 3.05) is 0 Å². The normalized spacial score (nSPS) is 12.5. The van der Waals surface area contributed by atoms with Crippen LogP contribution in [0.1, 0.15) is 12.5 Å². The van der Waals surface area contributed by atoms with E-state index in [1.165, 1.54) is 11.3 Å². The lowest BCUT2D eigenvalue weighted by Gasteiger charge is -2.06. The summed E-state index contributed by atoms with van der Waals surface area (Å²) >= 11 is 7.29. The van der Waals surface area contributed by atoms with E-state index in [0.29, 0.717) is 10.9 Å². The Morgan fingerprint density at radius 3 is 3.00 bits per heavy atom. The molecule has 13 heavy (non-hydrogen) atoms. The van der Waals surface area contributed by atoms with E-state index in [9.17, 15) is 4.79 Å². The maximum atomic E-state index is 11.1. The molecule has 0 aliphatic heterocycles. The summed E-state index contributed by atoms with van der Waals surface area (Å²) in [5, 5.41) is 4.57. The van der Waals surface area contributed by atoms with Crippen molar-refractivity contribution >= 4 is 28.8 Å². The van der Waals surface area contributed by atoms with Gasteiger partial charge in [-0.25, -0.2) is 0 Å². The second kappa shape index (κ2) is 4.60. The van der Waals surface area contributed by atoms with Gasteiger partial charge < -0.3 is 11.1 Å². The quantitative estimate of drug-likeness (QED) is 0.805. The van der Waals surface area contributed by atoms with Crippen LogP contribution in [0.2, 0.25) is 4.34 Å². The van der Waals surface area contributed by atoms with Crippen LogP contribution < -0.4 is 11.1 Å². The number of nitrogens with two attached hydrogens (primary N) is 1. The van der Waals surface area contributed by atoms with Crippen molar-refractivity contribution in [3.63, 3.8) is 0 Å². The summed E-state index contributed by atoms with van der Waals surface area (Å²) < 4.78 is 0.713. The first-order valence-corrected chi connectivity index (χ1v) is 5.12. The van der Waals surface area contributed by atoms with Crippen molar-refractivity contribution in [2.45, 2.75) is 19.5 Å². The molecule has 1 atom stereocenters. The van der Waals surface area contributed by atoms with Gasteiger partial charge in [-0.2, -0.15) is 0 Å². The molecule has 5 heteroatoms. The van der Waals surface area contributed by atoms with Crippen LogP contribution in [0.3, 0.4) is 0 Å². The third-order valence-electron chi connectivity index (χ3n) is 1.56. The van der Waals surface area contributed by atoms with E-state index >= 15 is 0 Å². The Morgan fingerprint density at radius 2 is 2.54 bits per heavy atom. The molecule has 3 N–H and O–H groups in total. The molecule has 0 bridgehead atoms. The highest BCUT2D eigenvalue weighted by Gasteiger charge is 2.07. The summed E-state index contributed by atoms with van der Waals surface area (Å²) in [7, 11) is 0. The minimum Gasteiger partial charge on any atom is -0.351 e. The highest BCUT2D eigenvalue weighted by atomic mass is 35.5. The molecule has 0 fully saturated rings. The van der Waals surface area contributed by atoms with Gasteiger partial charge in [0.05, 0.1) is 10.4 Å². The van der Waals surface area contributed by atoms with Crippen LogP contribution in [0.4, 0.5) is 0 Å². The molecule has 72 valence electrons. The van der Waals surface area contributed by atoms with Crippen LogP contribution >= 0.6 is 22.9 Å². The van der Waals surface area contributed by atoms with E-state index < -0.39 is 6.04 Å². The largest absolute Gasteiger partial charge is 0.351 e. The molecule has 1 heterocycles. The van der Waals surface area contributed by atoms with Crippen LogP contribution in [-0.2, 0) is 11.3 Å². The lowest BCUT2D eigenvalue weighted by molar-refractivity contribution is -0.122.